The van der Waals surface area contributed by atoms with Gasteiger partial charge in [-0.15, -0.1) is 0 Å². The molecule has 10 heteroatoms. The molecule has 0 aliphatic carbocycles. The molecule has 0 rings (SSSR count). The third kappa shape index (κ3) is 51.0. The molecule has 378 valence electrons. The number of hydrogen-bond acceptors (Lipinski definition) is 8. The monoisotopic (exact) mass is 934 g/mol. The Morgan fingerprint density at radius 2 is 0.846 bits per heavy atom. The first-order chi connectivity index (χ1) is 31.8. The van der Waals surface area contributed by atoms with Crippen LogP contribution in [0.25, 0.3) is 0 Å². The third-order valence-electron chi connectivity index (χ3n) is 11.4. The average Bonchev–Trinajstić information content (AvgIpc) is 3.30. The first kappa shape index (κ1) is 62.7. The minimum absolute atomic E-state index is 0.0523. The molecule has 3 N–H and O–H groups in total. The summed E-state index contributed by atoms with van der Waals surface area (Å²) in [6, 6.07) is 0. The zero-order chi connectivity index (χ0) is 47.4. The summed E-state index contributed by atoms with van der Waals surface area (Å²) in [4.78, 5) is 35.0. The van der Waals surface area contributed by atoms with Crippen molar-refractivity contribution in [1.29, 1.82) is 0 Å². The van der Waals surface area contributed by atoms with E-state index in [1.807, 2.05) is 0 Å². The van der Waals surface area contributed by atoms with E-state index in [1.54, 1.807) is 0 Å². The number of rotatable bonds is 50. The molecule has 0 saturated carbocycles. The highest BCUT2D eigenvalue weighted by molar-refractivity contribution is 7.47. The fraction of sp³-hybridized carbons (Fsp3) is 0.782. The molecule has 0 aromatic rings. The zero-order valence-electron chi connectivity index (χ0n) is 42.0. The van der Waals surface area contributed by atoms with E-state index >= 15 is 0 Å². The van der Waals surface area contributed by atoms with Gasteiger partial charge in [-0.25, -0.2) is 4.57 Å². The van der Waals surface area contributed by atoms with Gasteiger partial charge in [-0.2, -0.15) is 0 Å². The van der Waals surface area contributed by atoms with Crippen LogP contribution < -0.4 is 5.73 Å². The van der Waals surface area contributed by atoms with Gasteiger partial charge in [-0.1, -0.05) is 222 Å². The molecule has 0 aliphatic rings. The second-order valence-corrected chi connectivity index (χ2v) is 19.2. The number of phosphoric ester groups is 1. The summed E-state index contributed by atoms with van der Waals surface area (Å²) in [6.07, 6.45) is 62.9. The molecule has 0 amide bonds. The van der Waals surface area contributed by atoms with E-state index in [9.17, 15) is 19.0 Å². The number of esters is 2. The number of unbranched alkanes of at least 4 members (excludes halogenated alkanes) is 27. The maximum Gasteiger partial charge on any atom is 0.472 e. The van der Waals surface area contributed by atoms with Gasteiger partial charge in [0.2, 0.25) is 0 Å². The summed E-state index contributed by atoms with van der Waals surface area (Å²) in [5.41, 5.74) is 5.36. The van der Waals surface area contributed by atoms with Crippen molar-refractivity contribution in [1.82, 2.24) is 0 Å². The van der Waals surface area contributed by atoms with E-state index in [2.05, 4.69) is 74.6 Å². The maximum absolute atomic E-state index is 12.6. The minimum Gasteiger partial charge on any atom is -0.462 e. The van der Waals surface area contributed by atoms with E-state index in [1.165, 1.54) is 128 Å². The Bertz CT molecular complexity index is 1250. The molecule has 0 spiro atoms. The summed E-state index contributed by atoms with van der Waals surface area (Å²) < 4.78 is 32.9. The van der Waals surface area contributed by atoms with Crippen LogP contribution in [0.5, 0.6) is 0 Å². The molecule has 2 atom stereocenters. The van der Waals surface area contributed by atoms with Gasteiger partial charge in [-0.05, 0) is 70.6 Å². The van der Waals surface area contributed by atoms with E-state index in [-0.39, 0.29) is 38.6 Å². The van der Waals surface area contributed by atoms with Crippen LogP contribution in [0.4, 0.5) is 0 Å². The highest BCUT2D eigenvalue weighted by Gasteiger charge is 2.26. The molecular weight excluding hydrogens is 834 g/mol. The van der Waals surface area contributed by atoms with Crippen molar-refractivity contribution < 1.29 is 37.6 Å². The summed E-state index contributed by atoms with van der Waals surface area (Å²) in [5, 5.41) is 0. The molecule has 2 unspecified atom stereocenters. The fourth-order valence-corrected chi connectivity index (χ4v) is 8.20. The Kier molecular flexibility index (Phi) is 49.3. The average molecular weight is 934 g/mol. The Labute approximate surface area is 399 Å². The Morgan fingerprint density at radius 3 is 1.28 bits per heavy atom. The molecule has 0 aromatic carbocycles. The largest absolute Gasteiger partial charge is 0.472 e. The van der Waals surface area contributed by atoms with Crippen LogP contribution in [-0.2, 0) is 32.7 Å². The van der Waals surface area contributed by atoms with Crippen molar-refractivity contribution in [2.45, 2.75) is 251 Å². The van der Waals surface area contributed by atoms with Crippen LogP contribution in [-0.4, -0.2) is 49.3 Å². The summed E-state index contributed by atoms with van der Waals surface area (Å²) in [6.45, 7) is 3.59. The van der Waals surface area contributed by atoms with Crippen molar-refractivity contribution >= 4 is 19.8 Å². The predicted octanol–water partition coefficient (Wildman–Crippen LogP) is 16.4. The topological polar surface area (TPSA) is 134 Å². The highest BCUT2D eigenvalue weighted by atomic mass is 31.2. The number of carbonyl (C=O) groups is 2. The summed E-state index contributed by atoms with van der Waals surface area (Å²) in [7, 11) is -4.38. The van der Waals surface area contributed by atoms with Gasteiger partial charge < -0.3 is 20.1 Å². The minimum atomic E-state index is -4.38. The molecule has 0 aliphatic heterocycles. The normalized spacial score (nSPS) is 13.6. The lowest BCUT2D eigenvalue weighted by Gasteiger charge is -2.19. The van der Waals surface area contributed by atoms with Gasteiger partial charge in [0, 0.05) is 19.4 Å². The standard InChI is InChI=1S/C55H100NO8P/c1-3-5-7-9-11-13-15-16-17-18-19-20-21-22-23-24-25-26-27-28-29-30-31-32-33-34-35-36-38-40-42-44-46-48-55(58)64-53(52-63-65(59,60)62-50-49-56)51-61-54(57)47-45-43-41-39-37-14-12-10-8-6-4-2/h5,7,10-13,16-17,19-20,53H,3-4,6,8-9,14-15,18,21-52,56H2,1-2H3,(H,59,60)/b7-5-,12-10-,13-11-,17-16-,20-19-. The van der Waals surface area contributed by atoms with Crippen molar-refractivity contribution in [2.75, 3.05) is 26.4 Å². The van der Waals surface area contributed by atoms with Gasteiger partial charge in [0.15, 0.2) is 6.10 Å². The van der Waals surface area contributed by atoms with Crippen LogP contribution in [0.3, 0.4) is 0 Å². The summed E-state index contributed by atoms with van der Waals surface area (Å²) >= 11 is 0. The van der Waals surface area contributed by atoms with Crippen LogP contribution in [0, 0.1) is 0 Å². The van der Waals surface area contributed by atoms with Crippen LogP contribution >= 0.6 is 7.82 Å². The number of hydrogen-bond donors (Lipinski definition) is 2. The molecule has 0 fully saturated rings. The first-order valence-corrected chi connectivity index (χ1v) is 28.3. The van der Waals surface area contributed by atoms with Crippen molar-refractivity contribution in [3.63, 3.8) is 0 Å². The number of allylic oxidation sites excluding steroid dienone is 10. The first-order valence-electron chi connectivity index (χ1n) is 26.8. The predicted molar refractivity (Wildman–Crippen MR) is 275 cm³/mol. The molecule has 0 saturated heterocycles. The van der Waals surface area contributed by atoms with Gasteiger partial charge in [0.25, 0.3) is 0 Å². The van der Waals surface area contributed by atoms with Crippen LogP contribution in [0.15, 0.2) is 60.8 Å². The lowest BCUT2D eigenvalue weighted by molar-refractivity contribution is -0.161. The Morgan fingerprint density at radius 1 is 0.477 bits per heavy atom. The zero-order valence-corrected chi connectivity index (χ0v) is 42.9. The third-order valence-corrected chi connectivity index (χ3v) is 12.4. The second kappa shape index (κ2) is 51.1. The second-order valence-electron chi connectivity index (χ2n) is 17.7. The molecule has 0 aromatic heterocycles. The van der Waals surface area contributed by atoms with Crippen molar-refractivity contribution in [2.24, 2.45) is 5.73 Å². The lowest BCUT2D eigenvalue weighted by atomic mass is 10.0. The lowest BCUT2D eigenvalue weighted by Crippen LogP contribution is -2.29. The number of carbonyl (C=O) groups excluding carboxylic acids is 2. The van der Waals surface area contributed by atoms with E-state index in [4.69, 9.17) is 24.3 Å². The fourth-order valence-electron chi connectivity index (χ4n) is 7.43. The van der Waals surface area contributed by atoms with Crippen molar-refractivity contribution in [3.05, 3.63) is 60.8 Å². The highest BCUT2D eigenvalue weighted by Crippen LogP contribution is 2.43. The molecule has 9 nitrogen and oxygen atoms in total. The summed E-state index contributed by atoms with van der Waals surface area (Å²) in [5.74, 6) is -0.833. The molecule has 0 bridgehead atoms. The van der Waals surface area contributed by atoms with Crippen LogP contribution in [0.1, 0.15) is 245 Å². The molecule has 0 heterocycles. The number of nitrogens with two attached hydrogens (primary N) is 1. The maximum atomic E-state index is 12.6. The SMILES string of the molecule is CC/C=C\C/C=C\C/C=C\C/C=C\CCCCCCCCCCCCCCCCCCCCCCC(=O)OC(COC(=O)CCCCCCC/C=C\CCCC)COP(=O)(O)OCCN. The van der Waals surface area contributed by atoms with Gasteiger partial charge >= 0.3 is 19.8 Å². The molecule has 65 heavy (non-hydrogen) atoms. The van der Waals surface area contributed by atoms with E-state index in [0.717, 1.165) is 83.5 Å². The molecule has 0 radical (unpaired) electrons. The molecular formula is C55H100NO8P. The van der Waals surface area contributed by atoms with E-state index < -0.39 is 26.5 Å². The van der Waals surface area contributed by atoms with Crippen molar-refractivity contribution in [3.8, 4) is 0 Å². The van der Waals surface area contributed by atoms with Gasteiger partial charge in [-0.3, -0.25) is 18.6 Å². The number of ether oxygens (including phenoxy) is 2. The van der Waals surface area contributed by atoms with E-state index in [0.29, 0.717) is 6.42 Å². The quantitative estimate of drug-likeness (QED) is 0.0265. The van der Waals surface area contributed by atoms with Crippen LogP contribution in [0.2, 0.25) is 0 Å². The van der Waals surface area contributed by atoms with Gasteiger partial charge in [0.05, 0.1) is 13.2 Å². The smallest absolute Gasteiger partial charge is 0.462 e. The Hall–Kier alpha value is -2.29. The Balaban J connectivity index is 3.84. The number of phosphoric acid groups is 1. The van der Waals surface area contributed by atoms with Gasteiger partial charge in [0.1, 0.15) is 6.61 Å².